The van der Waals surface area contributed by atoms with E-state index in [0.717, 1.165) is 19.4 Å². The van der Waals surface area contributed by atoms with E-state index in [9.17, 15) is 14.9 Å². The average Bonchev–Trinajstić information content (AvgIpc) is 2.83. The number of methoxy groups -OCH3 is 1. The van der Waals surface area contributed by atoms with Gasteiger partial charge in [-0.05, 0) is 31.9 Å². The minimum absolute atomic E-state index is 0.0291. The molecule has 0 saturated carbocycles. The van der Waals surface area contributed by atoms with Crippen molar-refractivity contribution in [1.29, 1.82) is 0 Å². The quantitative estimate of drug-likeness (QED) is 0.476. The number of hydrogen-bond donors (Lipinski definition) is 0. The fourth-order valence-corrected chi connectivity index (χ4v) is 2.44. The van der Waals surface area contributed by atoms with Crippen LogP contribution in [0.15, 0.2) is 18.2 Å². The van der Waals surface area contributed by atoms with E-state index in [1.165, 1.54) is 19.2 Å². The molecule has 0 amide bonds. The zero-order valence-corrected chi connectivity index (χ0v) is 11.0. The Morgan fingerprint density at radius 3 is 2.79 bits per heavy atom. The molecule has 0 spiro atoms. The van der Waals surface area contributed by atoms with Crippen molar-refractivity contribution < 1.29 is 14.5 Å². The molecular weight excluding hydrogens is 248 g/mol. The number of nitro benzene ring substituents is 1. The molecule has 102 valence electrons. The van der Waals surface area contributed by atoms with Crippen molar-refractivity contribution in [2.45, 2.75) is 25.8 Å². The lowest BCUT2D eigenvalue weighted by atomic mass is 10.1. The van der Waals surface area contributed by atoms with Crippen molar-refractivity contribution in [3.05, 3.63) is 33.9 Å². The topological polar surface area (TPSA) is 72.7 Å². The van der Waals surface area contributed by atoms with E-state index >= 15 is 0 Å². The number of rotatable bonds is 3. The van der Waals surface area contributed by atoms with Gasteiger partial charge in [-0.15, -0.1) is 0 Å². The van der Waals surface area contributed by atoms with Crippen molar-refractivity contribution in [3.63, 3.8) is 0 Å². The summed E-state index contributed by atoms with van der Waals surface area (Å²) in [7, 11) is 1.29. The van der Waals surface area contributed by atoms with Gasteiger partial charge in [0.2, 0.25) is 0 Å². The van der Waals surface area contributed by atoms with Crippen molar-refractivity contribution in [3.8, 4) is 0 Å². The van der Waals surface area contributed by atoms with Gasteiger partial charge in [0.25, 0.3) is 5.69 Å². The van der Waals surface area contributed by atoms with Crippen LogP contribution in [-0.2, 0) is 4.74 Å². The fraction of sp³-hybridized carbons (Fsp3) is 0.462. The standard InChI is InChI=1S/C13H16N2O4/c1-9-4-3-7-14(9)12-8-10(13(16)19-2)5-6-11(12)15(17)18/h5-6,8-9H,3-4,7H2,1-2H3. The van der Waals surface area contributed by atoms with Gasteiger partial charge in [0.15, 0.2) is 0 Å². The van der Waals surface area contributed by atoms with Crippen LogP contribution in [-0.4, -0.2) is 30.6 Å². The van der Waals surface area contributed by atoms with Crippen LogP contribution in [0.3, 0.4) is 0 Å². The summed E-state index contributed by atoms with van der Waals surface area (Å²) in [5.74, 6) is -0.483. The van der Waals surface area contributed by atoms with Crippen LogP contribution in [0, 0.1) is 10.1 Å². The maximum atomic E-state index is 11.5. The van der Waals surface area contributed by atoms with Gasteiger partial charge in [-0.25, -0.2) is 4.79 Å². The molecule has 6 nitrogen and oxygen atoms in total. The van der Waals surface area contributed by atoms with Crippen LogP contribution in [0.25, 0.3) is 0 Å². The van der Waals surface area contributed by atoms with Crippen LogP contribution in [0.4, 0.5) is 11.4 Å². The predicted octanol–water partition coefficient (Wildman–Crippen LogP) is 2.37. The van der Waals surface area contributed by atoms with Crippen LogP contribution in [0.1, 0.15) is 30.1 Å². The van der Waals surface area contributed by atoms with Gasteiger partial charge < -0.3 is 9.64 Å². The Balaban J connectivity index is 2.47. The summed E-state index contributed by atoms with van der Waals surface area (Å²) >= 11 is 0. The molecule has 1 atom stereocenters. The highest BCUT2D eigenvalue weighted by atomic mass is 16.6. The number of anilines is 1. The number of esters is 1. The molecule has 1 aliphatic rings. The van der Waals surface area contributed by atoms with Crippen LogP contribution < -0.4 is 4.90 Å². The number of benzene rings is 1. The summed E-state index contributed by atoms with van der Waals surface area (Å²) in [4.78, 5) is 24.2. The van der Waals surface area contributed by atoms with Gasteiger partial charge in [0.1, 0.15) is 5.69 Å². The maximum absolute atomic E-state index is 11.5. The van der Waals surface area contributed by atoms with Crippen molar-refractivity contribution in [1.82, 2.24) is 0 Å². The number of ether oxygens (including phenoxy) is 1. The lowest BCUT2D eigenvalue weighted by Crippen LogP contribution is -2.27. The fourth-order valence-electron chi connectivity index (χ4n) is 2.44. The second kappa shape index (κ2) is 5.26. The number of hydrogen-bond acceptors (Lipinski definition) is 5. The minimum atomic E-state index is -0.483. The van der Waals surface area contributed by atoms with E-state index in [0.29, 0.717) is 11.3 Å². The van der Waals surface area contributed by atoms with Crippen LogP contribution >= 0.6 is 0 Å². The van der Waals surface area contributed by atoms with Gasteiger partial charge >= 0.3 is 5.97 Å². The largest absolute Gasteiger partial charge is 0.465 e. The molecular formula is C13H16N2O4. The van der Waals surface area contributed by atoms with E-state index < -0.39 is 10.9 Å². The highest BCUT2D eigenvalue weighted by molar-refractivity contribution is 5.91. The van der Waals surface area contributed by atoms with Crippen LogP contribution in [0.2, 0.25) is 0 Å². The van der Waals surface area contributed by atoms with Gasteiger partial charge in [-0.3, -0.25) is 10.1 Å². The summed E-state index contributed by atoms with van der Waals surface area (Å²) in [5, 5.41) is 11.1. The van der Waals surface area contributed by atoms with Gasteiger partial charge in [-0.1, -0.05) is 0 Å². The molecule has 1 fully saturated rings. The third kappa shape index (κ3) is 2.52. The molecule has 0 N–H and O–H groups in total. The molecule has 1 unspecified atom stereocenters. The first-order valence-corrected chi connectivity index (χ1v) is 6.18. The first-order chi connectivity index (χ1) is 9.04. The highest BCUT2D eigenvalue weighted by Gasteiger charge is 2.28. The molecule has 0 aromatic heterocycles. The minimum Gasteiger partial charge on any atom is -0.465 e. The molecule has 0 radical (unpaired) electrons. The molecule has 0 bridgehead atoms. The lowest BCUT2D eigenvalue weighted by molar-refractivity contribution is -0.384. The molecule has 1 heterocycles. The Labute approximate surface area is 111 Å². The smallest absolute Gasteiger partial charge is 0.337 e. The summed E-state index contributed by atoms with van der Waals surface area (Å²) in [6.07, 6.45) is 2.00. The summed E-state index contributed by atoms with van der Waals surface area (Å²) in [5.41, 5.74) is 0.863. The van der Waals surface area contributed by atoms with Gasteiger partial charge in [0, 0.05) is 18.7 Å². The summed E-state index contributed by atoms with van der Waals surface area (Å²) < 4.78 is 4.65. The van der Waals surface area contributed by atoms with Gasteiger partial charge in [-0.2, -0.15) is 0 Å². The Hall–Kier alpha value is -2.11. The molecule has 1 aromatic rings. The normalized spacial score (nSPS) is 18.4. The zero-order chi connectivity index (χ0) is 14.0. The number of carbonyl (C=O) groups is 1. The first-order valence-electron chi connectivity index (χ1n) is 6.18. The van der Waals surface area contributed by atoms with Gasteiger partial charge in [0.05, 0.1) is 17.6 Å². The molecule has 1 aromatic carbocycles. The third-order valence-electron chi connectivity index (χ3n) is 3.46. The Morgan fingerprint density at radius 1 is 1.53 bits per heavy atom. The number of carbonyl (C=O) groups excluding carboxylic acids is 1. The molecule has 1 saturated heterocycles. The lowest BCUT2D eigenvalue weighted by Gasteiger charge is -2.23. The first kappa shape index (κ1) is 13.3. The molecule has 2 rings (SSSR count). The number of nitro groups is 1. The van der Waals surface area contributed by atoms with E-state index in [1.807, 2.05) is 11.8 Å². The van der Waals surface area contributed by atoms with E-state index in [2.05, 4.69) is 4.74 Å². The molecule has 19 heavy (non-hydrogen) atoms. The van der Waals surface area contributed by atoms with Crippen molar-refractivity contribution in [2.24, 2.45) is 0 Å². The molecule has 6 heteroatoms. The second-order valence-electron chi connectivity index (χ2n) is 4.64. The third-order valence-corrected chi connectivity index (χ3v) is 3.46. The summed E-state index contributed by atoms with van der Waals surface area (Å²) in [6, 6.07) is 4.58. The van der Waals surface area contributed by atoms with E-state index in [4.69, 9.17) is 0 Å². The predicted molar refractivity (Wildman–Crippen MR) is 70.5 cm³/mol. The van der Waals surface area contributed by atoms with Crippen LogP contribution in [0.5, 0.6) is 0 Å². The monoisotopic (exact) mass is 264 g/mol. The SMILES string of the molecule is COC(=O)c1ccc([N+](=O)[O-])c(N2CCCC2C)c1. The number of nitrogens with zero attached hydrogens (tertiary/aromatic N) is 2. The average molecular weight is 264 g/mol. The molecule has 1 aliphatic heterocycles. The van der Waals surface area contributed by atoms with Crippen molar-refractivity contribution in [2.75, 3.05) is 18.6 Å². The Morgan fingerprint density at radius 2 is 2.26 bits per heavy atom. The zero-order valence-electron chi connectivity index (χ0n) is 11.0. The maximum Gasteiger partial charge on any atom is 0.337 e. The second-order valence-corrected chi connectivity index (χ2v) is 4.64. The molecule has 0 aliphatic carbocycles. The summed E-state index contributed by atoms with van der Waals surface area (Å²) in [6.45, 7) is 2.80. The van der Waals surface area contributed by atoms with E-state index in [-0.39, 0.29) is 11.7 Å². The van der Waals surface area contributed by atoms with Crippen molar-refractivity contribution >= 4 is 17.3 Å². The van der Waals surface area contributed by atoms with E-state index in [1.54, 1.807) is 6.07 Å². The Bertz CT molecular complexity index is 515. The highest BCUT2D eigenvalue weighted by Crippen LogP contribution is 2.34. The Kier molecular flexibility index (Phi) is 3.69.